The Labute approximate surface area is 164 Å². The molecule has 3 aromatic rings. The lowest BCUT2D eigenvalue weighted by molar-refractivity contribution is 0.226. The predicted molar refractivity (Wildman–Crippen MR) is 112 cm³/mol. The normalized spacial score (nSPS) is 15.6. The minimum Gasteiger partial charge on any atom is -0.386 e. The number of anilines is 2. The largest absolute Gasteiger partial charge is 0.386 e. The molecule has 0 spiro atoms. The van der Waals surface area contributed by atoms with E-state index < -0.39 is 0 Å². The van der Waals surface area contributed by atoms with Gasteiger partial charge in [-0.3, -0.25) is 0 Å². The van der Waals surface area contributed by atoms with Gasteiger partial charge in [0, 0.05) is 36.9 Å². The highest BCUT2D eigenvalue weighted by molar-refractivity contribution is 5.94. The number of fused-ring (bicyclic) bond motifs is 1. The predicted octanol–water partition coefficient (Wildman–Crippen LogP) is 4.08. The molecule has 0 radical (unpaired) electrons. The van der Waals surface area contributed by atoms with Crippen molar-refractivity contribution < 1.29 is 0 Å². The first-order valence-electron chi connectivity index (χ1n) is 9.64. The Morgan fingerprint density at radius 3 is 2.89 bits per heavy atom. The fourth-order valence-electron chi connectivity index (χ4n) is 3.73. The average molecular weight is 378 g/mol. The molecule has 1 fully saturated rings. The van der Waals surface area contributed by atoms with E-state index in [1.54, 1.807) is 0 Å². The molecule has 1 aliphatic heterocycles. The van der Waals surface area contributed by atoms with Crippen LogP contribution in [0.4, 0.5) is 17.3 Å². The summed E-state index contributed by atoms with van der Waals surface area (Å²) in [6.45, 7) is 3.23. The highest BCUT2D eigenvalue weighted by Gasteiger charge is 2.17. The highest BCUT2D eigenvalue weighted by atomic mass is 15.1. The highest BCUT2D eigenvalue weighted by Crippen LogP contribution is 2.33. The van der Waals surface area contributed by atoms with Crippen LogP contribution in [0.2, 0.25) is 0 Å². The summed E-state index contributed by atoms with van der Waals surface area (Å²) in [5.41, 5.74) is 11.6. The van der Waals surface area contributed by atoms with Gasteiger partial charge in [-0.2, -0.15) is 10.1 Å². The second-order valence-corrected chi connectivity index (χ2v) is 7.38. The molecule has 0 amide bonds. The first kappa shape index (κ1) is 18.4. The van der Waals surface area contributed by atoms with Crippen LogP contribution in [0.1, 0.15) is 12.8 Å². The average Bonchev–Trinajstić information content (AvgIpc) is 3.16. The van der Waals surface area contributed by atoms with Crippen molar-refractivity contribution in [2.24, 2.45) is 11.0 Å². The van der Waals surface area contributed by atoms with Gasteiger partial charge < -0.3 is 20.5 Å². The summed E-state index contributed by atoms with van der Waals surface area (Å²) in [5, 5.41) is 11.0. The number of hydrogen-bond acceptors (Lipinski definition) is 7. The van der Waals surface area contributed by atoms with E-state index in [9.17, 15) is 0 Å². The summed E-state index contributed by atoms with van der Waals surface area (Å²) in [7, 11) is 4.01. The van der Waals surface area contributed by atoms with Crippen molar-refractivity contribution in [2.45, 2.75) is 12.8 Å². The van der Waals surface area contributed by atoms with Crippen LogP contribution in [0.25, 0.3) is 22.2 Å². The zero-order chi connectivity index (χ0) is 19.5. The van der Waals surface area contributed by atoms with Crippen molar-refractivity contribution in [1.29, 1.82) is 5.53 Å². The van der Waals surface area contributed by atoms with Crippen molar-refractivity contribution >= 4 is 28.4 Å². The van der Waals surface area contributed by atoms with Crippen LogP contribution in [-0.4, -0.2) is 53.6 Å². The number of benzene rings is 1. The number of hydrogen-bond donors (Lipinski definition) is 4. The van der Waals surface area contributed by atoms with E-state index in [1.165, 1.54) is 12.8 Å². The number of H-pyrrole nitrogens is 1. The standard InChI is InChI=1S/C20H26N8/c1-22-18-9-14(3-4-17(18)27-21)15-11-23-19-16(15)12-25-20(26-19)24-10-13-5-7-28(2)8-6-13/h3-4,9,11-13,21-22H,5-8,10H2,1-2H3,(H2,23,24,25,26). The molecule has 0 bridgehead atoms. The third-order valence-electron chi connectivity index (χ3n) is 5.52. The number of piperidine rings is 1. The maximum absolute atomic E-state index is 7.26. The van der Waals surface area contributed by atoms with E-state index in [4.69, 9.17) is 5.53 Å². The SMILES string of the molecule is CNc1cc(-c2c[nH]c3nc(NCC4CCN(C)CC4)ncc23)ccc1N=N. The van der Waals surface area contributed by atoms with Gasteiger partial charge >= 0.3 is 0 Å². The molecule has 0 aliphatic carbocycles. The maximum atomic E-state index is 7.26. The van der Waals surface area contributed by atoms with Crippen LogP contribution in [-0.2, 0) is 0 Å². The van der Waals surface area contributed by atoms with Crippen molar-refractivity contribution in [3.8, 4) is 11.1 Å². The summed E-state index contributed by atoms with van der Waals surface area (Å²) in [5.74, 6) is 1.34. The first-order valence-corrected chi connectivity index (χ1v) is 9.64. The Balaban J connectivity index is 1.52. The molecule has 4 rings (SSSR count). The lowest BCUT2D eigenvalue weighted by atomic mass is 9.97. The molecule has 1 saturated heterocycles. The molecule has 28 heavy (non-hydrogen) atoms. The fraction of sp³-hybridized carbons (Fsp3) is 0.400. The van der Waals surface area contributed by atoms with Gasteiger partial charge in [0.25, 0.3) is 0 Å². The minimum absolute atomic E-state index is 0.614. The molecule has 0 atom stereocenters. The summed E-state index contributed by atoms with van der Waals surface area (Å²) < 4.78 is 0. The number of aromatic nitrogens is 3. The zero-order valence-electron chi connectivity index (χ0n) is 16.3. The van der Waals surface area contributed by atoms with Crippen LogP contribution >= 0.6 is 0 Å². The summed E-state index contributed by atoms with van der Waals surface area (Å²) in [6.07, 6.45) is 6.25. The van der Waals surface area contributed by atoms with Crippen LogP contribution in [0, 0.1) is 11.4 Å². The summed E-state index contributed by atoms with van der Waals surface area (Å²) in [6, 6.07) is 5.79. The number of rotatable bonds is 6. The van der Waals surface area contributed by atoms with E-state index in [0.717, 1.165) is 47.5 Å². The third kappa shape index (κ3) is 3.68. The number of nitrogens with zero attached hydrogens (tertiary/aromatic N) is 4. The van der Waals surface area contributed by atoms with Gasteiger partial charge in [0.15, 0.2) is 0 Å². The molecule has 2 aromatic heterocycles. The fourth-order valence-corrected chi connectivity index (χ4v) is 3.73. The quantitative estimate of drug-likeness (QED) is 0.484. The molecule has 0 unspecified atom stereocenters. The minimum atomic E-state index is 0.614. The van der Waals surface area contributed by atoms with Gasteiger partial charge in [-0.1, -0.05) is 6.07 Å². The lowest BCUT2D eigenvalue weighted by Gasteiger charge is -2.28. The van der Waals surface area contributed by atoms with E-state index in [0.29, 0.717) is 17.6 Å². The van der Waals surface area contributed by atoms with Gasteiger partial charge in [0.1, 0.15) is 11.3 Å². The van der Waals surface area contributed by atoms with Crippen molar-refractivity contribution in [2.75, 3.05) is 44.4 Å². The Morgan fingerprint density at radius 1 is 1.32 bits per heavy atom. The molecular weight excluding hydrogens is 352 g/mol. The number of likely N-dealkylation sites (tertiary alicyclic amines) is 1. The van der Waals surface area contributed by atoms with Crippen molar-refractivity contribution in [1.82, 2.24) is 19.9 Å². The zero-order valence-corrected chi connectivity index (χ0v) is 16.3. The molecule has 8 nitrogen and oxygen atoms in total. The van der Waals surface area contributed by atoms with E-state index in [-0.39, 0.29) is 0 Å². The van der Waals surface area contributed by atoms with Crippen LogP contribution in [0.5, 0.6) is 0 Å². The Morgan fingerprint density at radius 2 is 2.14 bits per heavy atom. The Hall–Kier alpha value is -3.00. The molecule has 4 N–H and O–H groups in total. The molecule has 8 heteroatoms. The molecular formula is C20H26N8. The van der Waals surface area contributed by atoms with Gasteiger partial charge in [-0.05, 0) is 56.6 Å². The van der Waals surface area contributed by atoms with Crippen LogP contribution in [0.3, 0.4) is 0 Å². The molecule has 1 aromatic carbocycles. The second-order valence-electron chi connectivity index (χ2n) is 7.38. The summed E-state index contributed by atoms with van der Waals surface area (Å²) in [4.78, 5) is 14.8. The number of aromatic amines is 1. The van der Waals surface area contributed by atoms with E-state index >= 15 is 0 Å². The lowest BCUT2D eigenvalue weighted by Crippen LogP contribution is -2.33. The topological polar surface area (TPSA) is 105 Å². The van der Waals surface area contributed by atoms with Crippen LogP contribution in [0.15, 0.2) is 35.7 Å². The molecule has 1 aliphatic rings. The van der Waals surface area contributed by atoms with Gasteiger partial charge in [-0.15, -0.1) is 0 Å². The van der Waals surface area contributed by atoms with Gasteiger partial charge in [0.05, 0.1) is 5.69 Å². The van der Waals surface area contributed by atoms with Gasteiger partial charge in [-0.25, -0.2) is 10.5 Å². The Bertz CT molecular complexity index is 971. The van der Waals surface area contributed by atoms with Crippen molar-refractivity contribution in [3.05, 3.63) is 30.6 Å². The molecule has 0 saturated carbocycles. The van der Waals surface area contributed by atoms with Gasteiger partial charge in [0.2, 0.25) is 5.95 Å². The van der Waals surface area contributed by atoms with Crippen LogP contribution < -0.4 is 10.6 Å². The Kier molecular flexibility index (Phi) is 5.21. The molecule has 3 heterocycles. The van der Waals surface area contributed by atoms with Crippen molar-refractivity contribution in [3.63, 3.8) is 0 Å². The number of nitrogens with one attached hydrogen (secondary N) is 4. The molecule has 146 valence electrons. The monoisotopic (exact) mass is 378 g/mol. The summed E-state index contributed by atoms with van der Waals surface area (Å²) >= 11 is 0. The first-order chi connectivity index (χ1) is 13.7. The van der Waals surface area contributed by atoms with E-state index in [2.05, 4.69) is 42.6 Å². The third-order valence-corrected chi connectivity index (χ3v) is 5.52. The van der Waals surface area contributed by atoms with E-state index in [1.807, 2.05) is 37.6 Å². The maximum Gasteiger partial charge on any atom is 0.224 e. The smallest absolute Gasteiger partial charge is 0.224 e. The second kappa shape index (κ2) is 7.93.